The third-order valence-electron chi connectivity index (χ3n) is 3.70. The van der Waals surface area contributed by atoms with Crippen LogP contribution in [0.1, 0.15) is 32.0 Å². The molecule has 0 aliphatic rings. The van der Waals surface area contributed by atoms with Gasteiger partial charge in [0.1, 0.15) is 16.8 Å². The summed E-state index contributed by atoms with van der Waals surface area (Å²) in [7, 11) is 0. The normalized spacial score (nSPS) is 11.4. The molecule has 0 amide bonds. The van der Waals surface area contributed by atoms with Crippen LogP contribution < -0.4 is 0 Å². The van der Waals surface area contributed by atoms with Crippen LogP contribution in [0.4, 0.5) is 4.79 Å². The van der Waals surface area contributed by atoms with Gasteiger partial charge >= 0.3 is 6.09 Å². The molecule has 3 rings (SSSR count). The Kier molecular flexibility index (Phi) is 4.43. The molecule has 6 nitrogen and oxygen atoms in total. The standard InChI is InChI=1S/C19H17ClN4O2/c1-11-17(20)22-9-15(23-11)14-10-24(18(25)26-19(2,3)4)16-12(8-21)6-5-7-13(14)16/h5-7,9-10H,1-4H3. The van der Waals surface area contributed by atoms with Crippen molar-refractivity contribution in [2.45, 2.75) is 33.3 Å². The zero-order chi connectivity index (χ0) is 19.1. The van der Waals surface area contributed by atoms with Crippen molar-refractivity contribution in [3.63, 3.8) is 0 Å². The number of benzene rings is 1. The Morgan fingerprint density at radius 3 is 2.69 bits per heavy atom. The minimum absolute atomic E-state index is 0.322. The van der Waals surface area contributed by atoms with E-state index in [9.17, 15) is 10.1 Å². The van der Waals surface area contributed by atoms with Gasteiger partial charge in [0.05, 0.1) is 28.7 Å². The quantitative estimate of drug-likeness (QED) is 0.621. The number of rotatable bonds is 1. The van der Waals surface area contributed by atoms with E-state index in [1.165, 1.54) is 4.57 Å². The number of aromatic nitrogens is 3. The van der Waals surface area contributed by atoms with Crippen molar-refractivity contribution in [2.24, 2.45) is 0 Å². The predicted octanol–water partition coefficient (Wildman–Crippen LogP) is 4.72. The van der Waals surface area contributed by atoms with Crippen molar-refractivity contribution >= 4 is 28.6 Å². The molecule has 0 bridgehead atoms. The van der Waals surface area contributed by atoms with Crippen molar-refractivity contribution in [3.05, 3.63) is 47.0 Å². The van der Waals surface area contributed by atoms with Crippen molar-refractivity contribution in [2.75, 3.05) is 0 Å². The Bertz CT molecular complexity index is 1060. The molecule has 0 aliphatic heterocycles. The molecule has 1 aromatic carbocycles. The fraction of sp³-hybridized carbons (Fsp3) is 0.263. The van der Waals surface area contributed by atoms with E-state index >= 15 is 0 Å². The summed E-state index contributed by atoms with van der Waals surface area (Å²) in [6, 6.07) is 7.38. The number of hydrogen-bond donors (Lipinski definition) is 0. The number of para-hydroxylation sites is 1. The van der Waals surface area contributed by atoms with E-state index in [1.54, 1.807) is 52.2 Å². The lowest BCUT2D eigenvalue weighted by atomic mass is 10.1. The van der Waals surface area contributed by atoms with Crippen LogP contribution in [0.5, 0.6) is 0 Å². The first-order valence-electron chi connectivity index (χ1n) is 7.98. The Morgan fingerprint density at radius 1 is 1.35 bits per heavy atom. The van der Waals surface area contributed by atoms with Crippen molar-refractivity contribution in [1.29, 1.82) is 5.26 Å². The number of nitriles is 1. The van der Waals surface area contributed by atoms with Gasteiger partial charge in [-0.25, -0.2) is 14.8 Å². The number of nitrogens with zero attached hydrogens (tertiary/aromatic N) is 4. The number of fused-ring (bicyclic) bond motifs is 1. The van der Waals surface area contributed by atoms with Crippen LogP contribution in [0.15, 0.2) is 30.6 Å². The highest BCUT2D eigenvalue weighted by Crippen LogP contribution is 2.32. The molecule has 132 valence electrons. The maximum atomic E-state index is 12.7. The molecule has 7 heteroatoms. The number of carbonyl (C=O) groups is 1. The molecule has 0 radical (unpaired) electrons. The van der Waals surface area contributed by atoms with Crippen LogP contribution >= 0.6 is 11.6 Å². The van der Waals surface area contributed by atoms with Crippen LogP contribution in [0.3, 0.4) is 0 Å². The summed E-state index contributed by atoms with van der Waals surface area (Å²) in [5.74, 6) is 0. The lowest BCUT2D eigenvalue weighted by molar-refractivity contribution is 0.0544. The van der Waals surface area contributed by atoms with Crippen molar-refractivity contribution in [3.8, 4) is 17.3 Å². The Balaban J connectivity index is 2.27. The average molecular weight is 369 g/mol. The van der Waals surface area contributed by atoms with Crippen LogP contribution in [0, 0.1) is 18.3 Å². The smallest absolute Gasteiger partial charge is 0.419 e. The van der Waals surface area contributed by atoms with Crippen LogP contribution in [-0.4, -0.2) is 26.2 Å². The Hall–Kier alpha value is -2.91. The van der Waals surface area contributed by atoms with Gasteiger partial charge in [-0.15, -0.1) is 0 Å². The van der Waals surface area contributed by atoms with Gasteiger partial charge in [0.25, 0.3) is 0 Å². The Labute approximate surface area is 156 Å². The zero-order valence-corrected chi connectivity index (χ0v) is 15.6. The van der Waals surface area contributed by atoms with E-state index in [4.69, 9.17) is 16.3 Å². The maximum absolute atomic E-state index is 12.7. The average Bonchev–Trinajstić information content (AvgIpc) is 2.95. The highest BCUT2D eigenvalue weighted by atomic mass is 35.5. The highest BCUT2D eigenvalue weighted by Gasteiger charge is 2.23. The van der Waals surface area contributed by atoms with E-state index in [0.717, 1.165) is 0 Å². The highest BCUT2D eigenvalue weighted by molar-refractivity contribution is 6.30. The fourth-order valence-electron chi connectivity index (χ4n) is 2.63. The summed E-state index contributed by atoms with van der Waals surface area (Å²) in [6.45, 7) is 7.12. The summed E-state index contributed by atoms with van der Waals surface area (Å²) >= 11 is 5.97. The number of carbonyl (C=O) groups excluding carboxylic acids is 1. The lowest BCUT2D eigenvalue weighted by Gasteiger charge is -2.19. The van der Waals surface area contributed by atoms with Gasteiger partial charge in [0, 0.05) is 17.1 Å². The molecular weight excluding hydrogens is 352 g/mol. The lowest BCUT2D eigenvalue weighted by Crippen LogP contribution is -2.26. The summed E-state index contributed by atoms with van der Waals surface area (Å²) in [5, 5.41) is 10.5. The SMILES string of the molecule is Cc1nc(-c2cn(C(=O)OC(C)(C)C)c3c(C#N)cccc23)cnc1Cl. The van der Waals surface area contributed by atoms with Crippen LogP contribution in [-0.2, 0) is 4.74 Å². The van der Waals surface area contributed by atoms with Gasteiger partial charge in [-0.05, 0) is 33.8 Å². The number of halogens is 1. The largest absolute Gasteiger partial charge is 0.443 e. The molecular formula is C19H17ClN4O2. The van der Waals surface area contributed by atoms with Crippen LogP contribution in [0.25, 0.3) is 22.2 Å². The third kappa shape index (κ3) is 3.26. The molecule has 0 aliphatic carbocycles. The summed E-state index contributed by atoms with van der Waals surface area (Å²) in [5.41, 5.74) is 2.02. The second-order valence-corrected chi connectivity index (χ2v) is 7.20. The number of aryl methyl sites for hydroxylation is 1. The molecule has 3 aromatic rings. The molecule has 0 saturated carbocycles. The minimum atomic E-state index is -0.661. The first-order chi connectivity index (χ1) is 12.2. The fourth-order valence-corrected chi connectivity index (χ4v) is 2.72. The molecule has 0 spiro atoms. The second-order valence-electron chi connectivity index (χ2n) is 6.84. The summed E-state index contributed by atoms with van der Waals surface area (Å²) < 4.78 is 6.83. The van der Waals surface area contributed by atoms with Crippen molar-refractivity contribution < 1.29 is 9.53 Å². The molecule has 0 atom stereocenters. The molecule has 0 saturated heterocycles. The van der Waals surface area contributed by atoms with Crippen LogP contribution in [0.2, 0.25) is 5.15 Å². The van der Waals surface area contributed by atoms with E-state index in [-0.39, 0.29) is 0 Å². The molecule has 2 aromatic heterocycles. The van der Waals surface area contributed by atoms with Gasteiger partial charge < -0.3 is 4.74 Å². The first-order valence-corrected chi connectivity index (χ1v) is 8.36. The van der Waals surface area contributed by atoms with Gasteiger partial charge in [-0.1, -0.05) is 23.7 Å². The monoisotopic (exact) mass is 368 g/mol. The second kappa shape index (κ2) is 6.43. The Morgan fingerprint density at radius 2 is 2.08 bits per heavy atom. The topological polar surface area (TPSA) is 80.8 Å². The first kappa shape index (κ1) is 17.9. The van der Waals surface area contributed by atoms with Gasteiger partial charge in [0.2, 0.25) is 0 Å². The van der Waals surface area contributed by atoms with Gasteiger partial charge in [-0.2, -0.15) is 5.26 Å². The van der Waals surface area contributed by atoms with E-state index < -0.39 is 11.7 Å². The van der Waals surface area contributed by atoms with E-state index in [2.05, 4.69) is 16.0 Å². The molecule has 0 fully saturated rings. The van der Waals surface area contributed by atoms with Gasteiger partial charge in [-0.3, -0.25) is 4.57 Å². The maximum Gasteiger partial charge on any atom is 0.419 e. The van der Waals surface area contributed by atoms with E-state index in [0.29, 0.717) is 38.6 Å². The molecule has 26 heavy (non-hydrogen) atoms. The number of hydrogen-bond acceptors (Lipinski definition) is 5. The molecule has 2 heterocycles. The number of ether oxygens (including phenoxy) is 1. The minimum Gasteiger partial charge on any atom is -0.443 e. The van der Waals surface area contributed by atoms with E-state index in [1.807, 2.05) is 6.07 Å². The third-order valence-corrected chi connectivity index (χ3v) is 4.07. The zero-order valence-electron chi connectivity index (χ0n) is 14.9. The summed E-state index contributed by atoms with van der Waals surface area (Å²) in [6.07, 6.45) is 2.61. The summed E-state index contributed by atoms with van der Waals surface area (Å²) in [4.78, 5) is 21.3. The van der Waals surface area contributed by atoms with Gasteiger partial charge in [0.15, 0.2) is 0 Å². The molecule has 0 N–H and O–H groups in total. The molecule has 0 unspecified atom stereocenters. The van der Waals surface area contributed by atoms with Crippen molar-refractivity contribution in [1.82, 2.24) is 14.5 Å². The predicted molar refractivity (Wildman–Crippen MR) is 99.1 cm³/mol.